The van der Waals surface area contributed by atoms with Crippen LogP contribution in [0.3, 0.4) is 0 Å². The third-order valence-electron chi connectivity index (χ3n) is 5.87. The maximum Gasteiger partial charge on any atom is 0.341 e. The third kappa shape index (κ3) is 5.36. The van der Waals surface area contributed by atoms with Crippen molar-refractivity contribution in [3.8, 4) is 5.75 Å². The zero-order chi connectivity index (χ0) is 23.4. The highest BCUT2D eigenvalue weighted by Crippen LogP contribution is 2.62. The van der Waals surface area contributed by atoms with Crippen molar-refractivity contribution in [1.82, 2.24) is 0 Å². The molecule has 1 aliphatic rings. The summed E-state index contributed by atoms with van der Waals surface area (Å²) in [5.41, 5.74) is 1.49. The highest BCUT2D eigenvalue weighted by Gasteiger charge is 2.42. The number of nitrogens with zero attached hydrogens (tertiary/aromatic N) is 1. The lowest BCUT2D eigenvalue weighted by Crippen LogP contribution is -2.37. The van der Waals surface area contributed by atoms with Crippen LogP contribution in [0.4, 0.5) is 11.4 Å². The molecule has 0 saturated carbocycles. The Kier molecular flexibility index (Phi) is 8.03. The molecule has 176 valence electrons. The number of rotatable bonds is 9. The number of hydrogen-bond donors (Lipinski definition) is 3. The standard InChI is InChI=1S/C24H33NO5S2/c1-4-11-24(12-5-2)16-25(18-9-7-6-8-10-18)19-13-21(31-3)20(30-15-23(26)27)14-22(19)32(28,29)17-24/h6-10,13-14,28-29H,4-5,11-12,15-17H2,1-3H3,(H,26,27). The van der Waals surface area contributed by atoms with E-state index in [-0.39, 0.29) is 11.2 Å². The van der Waals surface area contributed by atoms with Crippen LogP contribution in [-0.4, -0.2) is 45.3 Å². The van der Waals surface area contributed by atoms with E-state index in [1.165, 1.54) is 11.8 Å². The van der Waals surface area contributed by atoms with Crippen molar-refractivity contribution in [1.29, 1.82) is 0 Å². The van der Waals surface area contributed by atoms with Gasteiger partial charge in [0.2, 0.25) is 0 Å². The molecule has 2 aromatic rings. The van der Waals surface area contributed by atoms with E-state index < -0.39 is 23.2 Å². The van der Waals surface area contributed by atoms with E-state index in [0.29, 0.717) is 17.2 Å². The lowest BCUT2D eigenvalue weighted by atomic mass is 9.80. The minimum atomic E-state index is -3.14. The Bertz CT molecular complexity index is 929. The molecule has 0 bridgehead atoms. The molecule has 0 atom stereocenters. The van der Waals surface area contributed by atoms with Crippen molar-refractivity contribution >= 4 is 39.7 Å². The van der Waals surface area contributed by atoms with Crippen molar-refractivity contribution in [2.24, 2.45) is 5.41 Å². The molecule has 0 saturated heterocycles. The van der Waals surface area contributed by atoms with Crippen LogP contribution in [0.1, 0.15) is 39.5 Å². The Hall–Kier alpha value is -1.87. The Morgan fingerprint density at radius 3 is 2.38 bits per heavy atom. The summed E-state index contributed by atoms with van der Waals surface area (Å²) in [5.74, 6) is -0.422. The van der Waals surface area contributed by atoms with Gasteiger partial charge in [-0.05, 0) is 37.3 Å². The predicted octanol–water partition coefficient (Wildman–Crippen LogP) is 6.72. The maximum absolute atomic E-state index is 11.5. The van der Waals surface area contributed by atoms with Crippen molar-refractivity contribution < 1.29 is 23.7 Å². The average Bonchev–Trinajstić information content (AvgIpc) is 2.84. The van der Waals surface area contributed by atoms with Gasteiger partial charge in [0.25, 0.3) is 0 Å². The molecule has 1 aliphatic heterocycles. The molecule has 0 aromatic heterocycles. The van der Waals surface area contributed by atoms with E-state index in [2.05, 4.69) is 18.7 Å². The number of carboxylic acids is 1. The molecule has 0 amide bonds. The van der Waals surface area contributed by atoms with Crippen LogP contribution in [0.2, 0.25) is 0 Å². The number of ether oxygens (including phenoxy) is 1. The first-order valence-electron chi connectivity index (χ1n) is 10.9. The molecule has 0 spiro atoms. The van der Waals surface area contributed by atoms with E-state index in [9.17, 15) is 13.9 Å². The van der Waals surface area contributed by atoms with Gasteiger partial charge in [0.1, 0.15) is 5.75 Å². The molecule has 0 radical (unpaired) electrons. The molecule has 3 rings (SSSR count). The molecule has 32 heavy (non-hydrogen) atoms. The number of fused-ring (bicyclic) bond motifs is 1. The van der Waals surface area contributed by atoms with Crippen LogP contribution >= 0.6 is 22.4 Å². The minimum absolute atomic E-state index is 0.251. The second kappa shape index (κ2) is 10.4. The van der Waals surface area contributed by atoms with Crippen LogP contribution in [0.25, 0.3) is 0 Å². The summed E-state index contributed by atoms with van der Waals surface area (Å²) in [6.07, 6.45) is 5.60. The van der Waals surface area contributed by atoms with Crippen LogP contribution in [0, 0.1) is 5.41 Å². The Morgan fingerprint density at radius 1 is 1.16 bits per heavy atom. The van der Waals surface area contributed by atoms with Gasteiger partial charge in [-0.3, -0.25) is 9.11 Å². The Morgan fingerprint density at radius 2 is 1.81 bits per heavy atom. The number of carboxylic acid groups (broad SMARTS) is 1. The van der Waals surface area contributed by atoms with E-state index in [1.54, 1.807) is 6.07 Å². The molecule has 0 aliphatic carbocycles. The number of thioether (sulfide) groups is 1. The van der Waals surface area contributed by atoms with Gasteiger partial charge >= 0.3 is 5.97 Å². The fourth-order valence-electron chi connectivity index (χ4n) is 4.71. The summed E-state index contributed by atoms with van der Waals surface area (Å²) >= 11 is 1.45. The molecule has 8 heteroatoms. The van der Waals surface area contributed by atoms with Gasteiger partial charge in [0, 0.05) is 29.5 Å². The molecule has 1 heterocycles. The summed E-state index contributed by atoms with van der Waals surface area (Å²) in [7, 11) is -3.14. The third-order valence-corrected chi connectivity index (χ3v) is 8.67. The van der Waals surface area contributed by atoms with Crippen molar-refractivity contribution in [2.75, 3.05) is 30.1 Å². The second-order valence-corrected chi connectivity index (χ2v) is 11.3. The number of anilines is 2. The fraction of sp³-hybridized carbons (Fsp3) is 0.458. The van der Waals surface area contributed by atoms with Gasteiger partial charge in [0.05, 0.1) is 15.5 Å². The van der Waals surface area contributed by atoms with Crippen molar-refractivity contribution in [2.45, 2.75) is 49.3 Å². The molecule has 6 nitrogen and oxygen atoms in total. The van der Waals surface area contributed by atoms with Crippen LogP contribution in [-0.2, 0) is 4.79 Å². The van der Waals surface area contributed by atoms with Gasteiger partial charge in [0.15, 0.2) is 6.61 Å². The average molecular weight is 480 g/mol. The fourth-order valence-corrected chi connectivity index (χ4v) is 7.45. The molecule has 0 unspecified atom stereocenters. The lowest BCUT2D eigenvalue weighted by Gasteiger charge is -2.41. The van der Waals surface area contributed by atoms with Gasteiger partial charge < -0.3 is 14.7 Å². The predicted molar refractivity (Wildman–Crippen MR) is 133 cm³/mol. The first-order chi connectivity index (χ1) is 15.2. The summed E-state index contributed by atoms with van der Waals surface area (Å²) in [5, 5.41) is 9.07. The topological polar surface area (TPSA) is 90.2 Å². The first-order valence-corrected chi connectivity index (χ1v) is 13.8. The van der Waals surface area contributed by atoms with E-state index in [0.717, 1.165) is 42.0 Å². The van der Waals surface area contributed by atoms with Gasteiger partial charge in [-0.15, -0.1) is 11.8 Å². The smallest absolute Gasteiger partial charge is 0.341 e. The SMILES string of the molecule is CCCC1(CCC)CN(c2ccccc2)c2cc(SC)c(OCC(=O)O)cc2S(O)(O)C1. The molecule has 2 aromatic carbocycles. The van der Waals surface area contributed by atoms with E-state index >= 15 is 0 Å². The molecular formula is C24H33NO5S2. The number of para-hydroxylation sites is 1. The van der Waals surface area contributed by atoms with Crippen LogP contribution in [0.15, 0.2) is 52.3 Å². The number of aliphatic carboxylic acids is 1. The lowest BCUT2D eigenvalue weighted by molar-refractivity contribution is -0.139. The van der Waals surface area contributed by atoms with Crippen LogP contribution in [0.5, 0.6) is 5.75 Å². The van der Waals surface area contributed by atoms with E-state index in [4.69, 9.17) is 9.84 Å². The normalized spacial score (nSPS) is 17.8. The second-order valence-electron chi connectivity index (χ2n) is 8.39. The summed E-state index contributed by atoms with van der Waals surface area (Å²) in [6, 6.07) is 13.6. The number of carbonyl (C=O) groups is 1. The largest absolute Gasteiger partial charge is 0.481 e. The summed E-state index contributed by atoms with van der Waals surface area (Å²) in [6.45, 7) is 4.48. The Balaban J connectivity index is 2.23. The monoisotopic (exact) mass is 479 g/mol. The first kappa shape index (κ1) is 24.8. The number of benzene rings is 2. The highest BCUT2D eigenvalue weighted by atomic mass is 32.3. The maximum atomic E-state index is 11.5. The van der Waals surface area contributed by atoms with Gasteiger partial charge in [-0.1, -0.05) is 44.9 Å². The van der Waals surface area contributed by atoms with Crippen LogP contribution < -0.4 is 9.64 Å². The minimum Gasteiger partial charge on any atom is -0.481 e. The number of hydrogen-bond acceptors (Lipinski definition) is 6. The molecular weight excluding hydrogens is 446 g/mol. The molecule has 3 N–H and O–H groups in total. The summed E-state index contributed by atoms with van der Waals surface area (Å²) < 4.78 is 28.4. The Labute approximate surface area is 196 Å². The quantitative estimate of drug-likeness (QED) is 0.344. The zero-order valence-electron chi connectivity index (χ0n) is 18.9. The molecule has 0 fully saturated rings. The van der Waals surface area contributed by atoms with Gasteiger partial charge in [-0.2, -0.15) is 10.6 Å². The van der Waals surface area contributed by atoms with Crippen molar-refractivity contribution in [3.63, 3.8) is 0 Å². The zero-order valence-corrected chi connectivity index (χ0v) is 20.5. The van der Waals surface area contributed by atoms with Crippen molar-refractivity contribution in [3.05, 3.63) is 42.5 Å². The van der Waals surface area contributed by atoms with Gasteiger partial charge in [-0.25, -0.2) is 4.79 Å². The van der Waals surface area contributed by atoms with E-state index in [1.807, 2.05) is 42.7 Å². The highest BCUT2D eigenvalue weighted by molar-refractivity contribution is 8.24. The summed E-state index contributed by atoms with van der Waals surface area (Å²) in [4.78, 5) is 14.5.